The van der Waals surface area contributed by atoms with E-state index in [4.69, 9.17) is 10.5 Å². The van der Waals surface area contributed by atoms with Crippen LogP contribution in [0.25, 0.3) is 0 Å². The summed E-state index contributed by atoms with van der Waals surface area (Å²) in [6.45, 7) is 4.65. The summed E-state index contributed by atoms with van der Waals surface area (Å²) >= 11 is 0. The molecule has 3 N–H and O–H groups in total. The van der Waals surface area contributed by atoms with Crippen LogP contribution in [0.4, 0.5) is 11.4 Å². The van der Waals surface area contributed by atoms with E-state index in [9.17, 15) is 4.79 Å². The second-order valence-corrected chi connectivity index (χ2v) is 5.16. The third-order valence-corrected chi connectivity index (χ3v) is 3.06. The van der Waals surface area contributed by atoms with Gasteiger partial charge in [0.25, 0.3) is 0 Å². The number of benzene rings is 1. The van der Waals surface area contributed by atoms with Crippen LogP contribution in [0.5, 0.6) is 5.75 Å². The van der Waals surface area contributed by atoms with Crippen LogP contribution in [-0.4, -0.2) is 17.5 Å². The van der Waals surface area contributed by atoms with Gasteiger partial charge in [0.1, 0.15) is 5.75 Å². The Labute approximate surface area is 130 Å². The van der Waals surface area contributed by atoms with Gasteiger partial charge in [-0.15, -0.1) is 0 Å². The minimum absolute atomic E-state index is 0.137. The Hall–Kier alpha value is -2.56. The van der Waals surface area contributed by atoms with Crippen LogP contribution in [0.15, 0.2) is 36.5 Å². The second-order valence-electron chi connectivity index (χ2n) is 5.16. The van der Waals surface area contributed by atoms with Crippen LogP contribution in [0, 0.1) is 6.92 Å². The number of rotatable bonds is 6. The Bertz CT molecular complexity index is 639. The van der Waals surface area contributed by atoms with Crippen molar-refractivity contribution in [1.29, 1.82) is 0 Å². The number of carbonyl (C=O) groups is 1. The maximum Gasteiger partial charge on any atom is 0.230 e. The number of amides is 1. The number of nitrogens with one attached hydrogen (secondary N) is 1. The molecule has 2 aromatic rings. The molecule has 0 fully saturated rings. The number of nitrogen functional groups attached to an aromatic ring is 1. The molecular formula is C17H21N3O2. The number of anilines is 2. The van der Waals surface area contributed by atoms with E-state index in [1.54, 1.807) is 18.3 Å². The minimum atomic E-state index is -0.137. The summed E-state index contributed by atoms with van der Waals surface area (Å²) in [6.07, 6.45) is 2.66. The van der Waals surface area contributed by atoms with Crippen molar-refractivity contribution in [2.45, 2.75) is 26.7 Å². The van der Waals surface area contributed by atoms with Crippen molar-refractivity contribution in [2.24, 2.45) is 0 Å². The number of nitrogens with zero attached hydrogens (tertiary/aromatic N) is 1. The highest BCUT2D eigenvalue weighted by Gasteiger charge is 2.10. The van der Waals surface area contributed by atoms with Gasteiger partial charge in [-0.2, -0.15) is 0 Å². The largest absolute Gasteiger partial charge is 0.491 e. The number of aryl methyl sites for hydroxylation is 1. The third kappa shape index (κ3) is 4.48. The Morgan fingerprint density at radius 1 is 1.32 bits per heavy atom. The lowest BCUT2D eigenvalue weighted by atomic mass is 10.2. The lowest BCUT2D eigenvalue weighted by molar-refractivity contribution is -0.115. The molecular weight excluding hydrogens is 278 g/mol. The average Bonchev–Trinajstić information content (AvgIpc) is 2.50. The van der Waals surface area contributed by atoms with Gasteiger partial charge in [0.2, 0.25) is 5.91 Å². The van der Waals surface area contributed by atoms with Crippen molar-refractivity contribution in [3.05, 3.63) is 47.8 Å². The highest BCUT2D eigenvalue weighted by atomic mass is 16.5. The first kappa shape index (κ1) is 15.8. The van der Waals surface area contributed by atoms with Crippen molar-refractivity contribution in [3.8, 4) is 5.75 Å². The molecule has 0 spiro atoms. The second kappa shape index (κ2) is 7.45. The fourth-order valence-corrected chi connectivity index (χ4v) is 1.96. The van der Waals surface area contributed by atoms with Gasteiger partial charge in [-0.3, -0.25) is 9.78 Å². The number of hydrogen-bond donors (Lipinski definition) is 2. The molecule has 1 heterocycles. The molecule has 0 saturated carbocycles. The molecule has 0 saturated heterocycles. The van der Waals surface area contributed by atoms with Crippen molar-refractivity contribution in [2.75, 3.05) is 17.7 Å². The quantitative estimate of drug-likeness (QED) is 0.859. The number of carbonyl (C=O) groups excluding carboxylic acids is 1. The van der Waals surface area contributed by atoms with Gasteiger partial charge in [-0.05, 0) is 43.2 Å². The van der Waals surface area contributed by atoms with E-state index in [2.05, 4.69) is 10.3 Å². The zero-order valence-corrected chi connectivity index (χ0v) is 12.9. The number of pyridine rings is 1. The van der Waals surface area contributed by atoms with Crippen molar-refractivity contribution in [1.82, 2.24) is 4.98 Å². The molecule has 2 rings (SSSR count). The molecule has 0 radical (unpaired) electrons. The number of nitrogens with two attached hydrogens (primary N) is 1. The van der Waals surface area contributed by atoms with E-state index < -0.39 is 0 Å². The molecule has 0 bridgehead atoms. The molecule has 1 aromatic heterocycles. The normalized spacial score (nSPS) is 10.3. The molecule has 0 aliphatic rings. The van der Waals surface area contributed by atoms with Crippen LogP contribution < -0.4 is 15.8 Å². The van der Waals surface area contributed by atoms with Gasteiger partial charge >= 0.3 is 0 Å². The monoisotopic (exact) mass is 299 g/mol. The molecule has 0 atom stereocenters. The topological polar surface area (TPSA) is 77.2 Å². The Morgan fingerprint density at radius 3 is 2.82 bits per heavy atom. The van der Waals surface area contributed by atoms with Crippen molar-refractivity contribution in [3.63, 3.8) is 0 Å². The summed E-state index contributed by atoms with van der Waals surface area (Å²) in [5.74, 6) is 0.558. The standard InChI is InChI=1S/C17H21N3O2/c1-3-8-22-16-9-12(2)4-7-15(16)20-17(21)10-14-6-5-13(18)11-19-14/h4-7,9,11H,3,8,10,18H2,1-2H3,(H,20,21). The smallest absolute Gasteiger partial charge is 0.230 e. The van der Waals surface area contributed by atoms with Crippen LogP contribution in [0.1, 0.15) is 24.6 Å². The zero-order chi connectivity index (χ0) is 15.9. The summed E-state index contributed by atoms with van der Waals surface area (Å²) < 4.78 is 5.69. The van der Waals surface area contributed by atoms with E-state index >= 15 is 0 Å². The summed E-state index contributed by atoms with van der Waals surface area (Å²) in [4.78, 5) is 16.3. The van der Waals surface area contributed by atoms with Gasteiger partial charge < -0.3 is 15.8 Å². The lowest BCUT2D eigenvalue weighted by Gasteiger charge is -2.13. The Morgan fingerprint density at radius 2 is 2.14 bits per heavy atom. The number of hydrogen-bond acceptors (Lipinski definition) is 4. The highest BCUT2D eigenvalue weighted by molar-refractivity contribution is 5.93. The summed E-state index contributed by atoms with van der Waals surface area (Å²) in [5.41, 5.74) is 8.61. The minimum Gasteiger partial charge on any atom is -0.491 e. The molecule has 5 nitrogen and oxygen atoms in total. The first-order chi connectivity index (χ1) is 10.6. The molecule has 0 aliphatic heterocycles. The highest BCUT2D eigenvalue weighted by Crippen LogP contribution is 2.26. The average molecular weight is 299 g/mol. The van der Waals surface area contributed by atoms with Crippen LogP contribution in [-0.2, 0) is 11.2 Å². The fourth-order valence-electron chi connectivity index (χ4n) is 1.96. The Kier molecular flexibility index (Phi) is 5.36. The van der Waals surface area contributed by atoms with Crippen LogP contribution in [0.2, 0.25) is 0 Å². The molecule has 1 amide bonds. The summed E-state index contributed by atoms with van der Waals surface area (Å²) in [7, 11) is 0. The van der Waals surface area contributed by atoms with Crippen molar-refractivity contribution >= 4 is 17.3 Å². The molecule has 116 valence electrons. The van der Waals surface area contributed by atoms with Gasteiger partial charge in [0.15, 0.2) is 0 Å². The van der Waals surface area contributed by atoms with E-state index in [1.807, 2.05) is 32.0 Å². The number of ether oxygens (including phenoxy) is 1. The van der Waals surface area contributed by atoms with Crippen LogP contribution in [0.3, 0.4) is 0 Å². The van der Waals surface area contributed by atoms with Gasteiger partial charge in [-0.25, -0.2) is 0 Å². The van der Waals surface area contributed by atoms with Gasteiger partial charge in [-0.1, -0.05) is 13.0 Å². The maximum atomic E-state index is 12.1. The maximum absolute atomic E-state index is 12.1. The fraction of sp³-hybridized carbons (Fsp3) is 0.294. The van der Waals surface area contributed by atoms with E-state index in [1.165, 1.54) is 0 Å². The first-order valence-corrected chi connectivity index (χ1v) is 7.32. The Balaban J connectivity index is 2.05. The first-order valence-electron chi connectivity index (χ1n) is 7.32. The molecule has 22 heavy (non-hydrogen) atoms. The zero-order valence-electron chi connectivity index (χ0n) is 12.9. The van der Waals surface area contributed by atoms with Crippen molar-refractivity contribution < 1.29 is 9.53 Å². The predicted octanol–water partition coefficient (Wildman–Crippen LogP) is 2.94. The van der Waals surface area contributed by atoms with Gasteiger partial charge in [0.05, 0.1) is 30.6 Å². The van der Waals surface area contributed by atoms with E-state index in [0.717, 1.165) is 12.0 Å². The number of aromatic nitrogens is 1. The summed E-state index contributed by atoms with van der Waals surface area (Å²) in [6, 6.07) is 9.20. The third-order valence-electron chi connectivity index (χ3n) is 3.06. The molecule has 0 unspecified atom stereocenters. The lowest BCUT2D eigenvalue weighted by Crippen LogP contribution is -2.16. The SMILES string of the molecule is CCCOc1cc(C)ccc1NC(=O)Cc1ccc(N)cn1. The van der Waals surface area contributed by atoms with E-state index in [0.29, 0.717) is 29.4 Å². The van der Waals surface area contributed by atoms with Crippen LogP contribution >= 0.6 is 0 Å². The molecule has 0 aliphatic carbocycles. The molecule has 5 heteroatoms. The van der Waals surface area contributed by atoms with E-state index in [-0.39, 0.29) is 12.3 Å². The molecule has 1 aromatic carbocycles. The van der Waals surface area contributed by atoms with Gasteiger partial charge in [0, 0.05) is 5.69 Å². The predicted molar refractivity (Wildman–Crippen MR) is 87.9 cm³/mol. The summed E-state index contributed by atoms with van der Waals surface area (Å²) in [5, 5.41) is 2.87.